The summed E-state index contributed by atoms with van der Waals surface area (Å²) in [4.78, 5) is 11.7. The van der Waals surface area contributed by atoms with E-state index in [2.05, 4.69) is 21.2 Å². The van der Waals surface area contributed by atoms with Crippen molar-refractivity contribution >= 4 is 21.7 Å². The van der Waals surface area contributed by atoms with E-state index in [9.17, 15) is 9.18 Å². The first-order valence-electron chi connectivity index (χ1n) is 5.48. The first-order chi connectivity index (χ1) is 7.78. The van der Waals surface area contributed by atoms with Gasteiger partial charge in [0.1, 0.15) is 5.82 Å². The third kappa shape index (κ3) is 5.41. The first-order valence-corrected chi connectivity index (χ1v) is 6.28. The standard InChI is InChI=1S/C13H17BrFNO/c1-13(2,3)16-8-11(17)7-9-6-10(14)4-5-12(9)15/h4-6,16H,7-8H2,1-3H3. The van der Waals surface area contributed by atoms with E-state index < -0.39 is 0 Å². The van der Waals surface area contributed by atoms with Gasteiger partial charge in [-0.3, -0.25) is 4.79 Å². The number of halogens is 2. The minimum absolute atomic E-state index is 0.0167. The fraction of sp³-hybridized carbons (Fsp3) is 0.462. The van der Waals surface area contributed by atoms with Gasteiger partial charge in [0, 0.05) is 16.4 Å². The number of nitrogens with one attached hydrogen (secondary N) is 1. The lowest BCUT2D eigenvalue weighted by atomic mass is 10.1. The number of carbonyl (C=O) groups excluding carboxylic acids is 1. The molecule has 0 aliphatic rings. The number of Topliss-reactive ketones (excluding diaryl/α,β-unsaturated/α-hetero) is 1. The first kappa shape index (κ1) is 14.3. The van der Waals surface area contributed by atoms with Crippen LogP contribution in [0.1, 0.15) is 26.3 Å². The zero-order valence-electron chi connectivity index (χ0n) is 10.3. The van der Waals surface area contributed by atoms with Gasteiger partial charge in [-0.1, -0.05) is 15.9 Å². The number of ketones is 1. The lowest BCUT2D eigenvalue weighted by Gasteiger charge is -2.19. The number of hydrogen-bond donors (Lipinski definition) is 1. The maximum Gasteiger partial charge on any atom is 0.151 e. The zero-order chi connectivity index (χ0) is 13.1. The van der Waals surface area contributed by atoms with Crippen LogP contribution < -0.4 is 5.32 Å². The summed E-state index contributed by atoms with van der Waals surface area (Å²) in [5, 5.41) is 3.09. The molecule has 1 aromatic carbocycles. The second-order valence-electron chi connectivity index (χ2n) is 5.05. The lowest BCUT2D eigenvalue weighted by Crippen LogP contribution is -2.39. The molecule has 94 valence electrons. The minimum Gasteiger partial charge on any atom is -0.305 e. The maximum absolute atomic E-state index is 13.4. The van der Waals surface area contributed by atoms with Crippen molar-refractivity contribution < 1.29 is 9.18 Å². The molecule has 0 spiro atoms. The number of hydrogen-bond acceptors (Lipinski definition) is 2. The van der Waals surface area contributed by atoms with Crippen LogP contribution in [0.4, 0.5) is 4.39 Å². The van der Waals surface area contributed by atoms with Crippen molar-refractivity contribution in [2.75, 3.05) is 6.54 Å². The predicted octanol–water partition coefficient (Wildman–Crippen LogP) is 3.09. The molecule has 0 amide bonds. The largest absolute Gasteiger partial charge is 0.305 e. The van der Waals surface area contributed by atoms with Crippen molar-refractivity contribution in [3.05, 3.63) is 34.1 Å². The summed E-state index contributed by atoms with van der Waals surface area (Å²) in [6.45, 7) is 6.22. The van der Waals surface area contributed by atoms with Gasteiger partial charge >= 0.3 is 0 Å². The highest BCUT2D eigenvalue weighted by Crippen LogP contribution is 2.16. The molecule has 0 aromatic heterocycles. The fourth-order valence-corrected chi connectivity index (χ4v) is 1.73. The predicted molar refractivity (Wildman–Crippen MR) is 70.6 cm³/mol. The molecule has 0 aliphatic heterocycles. The summed E-state index contributed by atoms with van der Waals surface area (Å²) in [5.74, 6) is -0.353. The molecular formula is C13H17BrFNO. The molecule has 0 atom stereocenters. The Bertz CT molecular complexity index is 412. The van der Waals surface area contributed by atoms with Crippen LogP contribution in [-0.2, 0) is 11.2 Å². The van der Waals surface area contributed by atoms with Crippen LogP contribution in [0.2, 0.25) is 0 Å². The molecule has 2 nitrogen and oxygen atoms in total. The Morgan fingerprint density at radius 2 is 2.06 bits per heavy atom. The van der Waals surface area contributed by atoms with Gasteiger partial charge < -0.3 is 5.32 Å². The van der Waals surface area contributed by atoms with Crippen LogP contribution in [0.25, 0.3) is 0 Å². The quantitative estimate of drug-likeness (QED) is 0.926. The average molecular weight is 302 g/mol. The van der Waals surface area contributed by atoms with E-state index in [0.717, 1.165) is 4.47 Å². The zero-order valence-corrected chi connectivity index (χ0v) is 11.9. The minimum atomic E-state index is -0.336. The highest BCUT2D eigenvalue weighted by Gasteiger charge is 2.13. The molecule has 0 radical (unpaired) electrons. The van der Waals surface area contributed by atoms with E-state index in [1.165, 1.54) is 6.07 Å². The smallest absolute Gasteiger partial charge is 0.151 e. The Labute approximate surface area is 110 Å². The van der Waals surface area contributed by atoms with E-state index in [1.54, 1.807) is 12.1 Å². The molecule has 0 bridgehead atoms. The highest BCUT2D eigenvalue weighted by molar-refractivity contribution is 9.10. The summed E-state index contributed by atoms with van der Waals surface area (Å²) in [6, 6.07) is 4.63. The third-order valence-electron chi connectivity index (χ3n) is 2.21. The van der Waals surface area contributed by atoms with Crippen LogP contribution in [0.3, 0.4) is 0 Å². The van der Waals surface area contributed by atoms with Gasteiger partial charge in [-0.15, -0.1) is 0 Å². The van der Waals surface area contributed by atoms with Gasteiger partial charge in [0.15, 0.2) is 5.78 Å². The molecule has 0 aliphatic carbocycles. The number of benzene rings is 1. The molecule has 0 saturated heterocycles. The molecule has 1 aromatic rings. The van der Waals surface area contributed by atoms with Crippen LogP contribution in [0.5, 0.6) is 0 Å². The van der Waals surface area contributed by atoms with Crippen molar-refractivity contribution in [2.45, 2.75) is 32.7 Å². The van der Waals surface area contributed by atoms with Gasteiger partial charge in [0.2, 0.25) is 0 Å². The normalized spacial score (nSPS) is 11.6. The van der Waals surface area contributed by atoms with Crippen molar-refractivity contribution in [3.63, 3.8) is 0 Å². The topological polar surface area (TPSA) is 29.1 Å². The van der Waals surface area contributed by atoms with Crippen molar-refractivity contribution in [3.8, 4) is 0 Å². The van der Waals surface area contributed by atoms with Crippen LogP contribution in [0, 0.1) is 5.82 Å². The second-order valence-corrected chi connectivity index (χ2v) is 5.97. The highest BCUT2D eigenvalue weighted by atomic mass is 79.9. The molecular weight excluding hydrogens is 285 g/mol. The molecule has 1 N–H and O–H groups in total. The number of rotatable bonds is 4. The lowest BCUT2D eigenvalue weighted by molar-refractivity contribution is -0.117. The number of carbonyl (C=O) groups is 1. The summed E-state index contributed by atoms with van der Waals surface area (Å²) >= 11 is 3.26. The van der Waals surface area contributed by atoms with Gasteiger partial charge in [-0.25, -0.2) is 4.39 Å². The van der Waals surface area contributed by atoms with E-state index in [0.29, 0.717) is 5.56 Å². The molecule has 1 rings (SSSR count). The van der Waals surface area contributed by atoms with Crippen LogP contribution in [-0.4, -0.2) is 17.9 Å². The van der Waals surface area contributed by atoms with Gasteiger partial charge in [0.25, 0.3) is 0 Å². The summed E-state index contributed by atoms with van der Waals surface area (Å²) in [6.07, 6.45) is 0.119. The molecule has 0 saturated carbocycles. The van der Waals surface area contributed by atoms with E-state index in [1.807, 2.05) is 20.8 Å². The molecule has 0 fully saturated rings. The van der Waals surface area contributed by atoms with Crippen molar-refractivity contribution in [1.82, 2.24) is 5.32 Å². The van der Waals surface area contributed by atoms with Crippen molar-refractivity contribution in [1.29, 1.82) is 0 Å². The summed E-state index contributed by atoms with van der Waals surface area (Å²) in [7, 11) is 0. The third-order valence-corrected chi connectivity index (χ3v) is 2.70. The Morgan fingerprint density at radius 3 is 2.65 bits per heavy atom. The Morgan fingerprint density at radius 1 is 1.41 bits per heavy atom. The summed E-state index contributed by atoms with van der Waals surface area (Å²) < 4.78 is 14.2. The molecule has 17 heavy (non-hydrogen) atoms. The Hall–Kier alpha value is -0.740. The Balaban J connectivity index is 2.59. The van der Waals surface area contributed by atoms with Gasteiger partial charge in [0.05, 0.1) is 6.54 Å². The van der Waals surface area contributed by atoms with E-state index >= 15 is 0 Å². The van der Waals surface area contributed by atoms with Crippen molar-refractivity contribution in [2.24, 2.45) is 0 Å². The van der Waals surface area contributed by atoms with Gasteiger partial charge in [-0.2, -0.15) is 0 Å². The summed E-state index contributed by atoms with van der Waals surface area (Å²) in [5.41, 5.74) is 0.325. The van der Waals surface area contributed by atoms with Crippen LogP contribution in [0.15, 0.2) is 22.7 Å². The molecule has 0 unspecified atom stereocenters. The van der Waals surface area contributed by atoms with E-state index in [-0.39, 0.29) is 30.1 Å². The second kappa shape index (κ2) is 5.74. The van der Waals surface area contributed by atoms with E-state index in [4.69, 9.17) is 0 Å². The molecule has 0 heterocycles. The monoisotopic (exact) mass is 301 g/mol. The molecule has 4 heteroatoms. The average Bonchev–Trinajstić information content (AvgIpc) is 2.20. The maximum atomic E-state index is 13.4. The van der Waals surface area contributed by atoms with Crippen LogP contribution >= 0.6 is 15.9 Å². The van der Waals surface area contributed by atoms with Gasteiger partial charge in [-0.05, 0) is 44.5 Å². The SMILES string of the molecule is CC(C)(C)NCC(=O)Cc1cc(Br)ccc1F. The fourth-order valence-electron chi connectivity index (χ4n) is 1.32. The Kier molecular flexibility index (Phi) is 4.83.